The molecule has 45 heavy (non-hydrogen) atoms. The van der Waals surface area contributed by atoms with Gasteiger partial charge in [0.2, 0.25) is 11.4 Å². The van der Waals surface area contributed by atoms with E-state index in [1.165, 1.54) is 22.3 Å². The summed E-state index contributed by atoms with van der Waals surface area (Å²) in [5, 5.41) is 0. The quantitative estimate of drug-likeness (QED) is 0.125. The minimum absolute atomic E-state index is 0.0112. The zero-order chi connectivity index (χ0) is 32.6. The van der Waals surface area contributed by atoms with Crippen molar-refractivity contribution < 1.29 is 36.7 Å². The molecule has 0 spiro atoms. The van der Waals surface area contributed by atoms with Gasteiger partial charge >= 0.3 is 15.2 Å². The molecular formula is C35H44N2O6P2+2. The van der Waals surface area contributed by atoms with Gasteiger partial charge in [0.1, 0.15) is 0 Å². The molecule has 238 valence electrons. The van der Waals surface area contributed by atoms with Crippen LogP contribution in [0.2, 0.25) is 0 Å². The molecule has 0 bridgehead atoms. The second-order valence-corrected chi connectivity index (χ2v) is 15.9. The first-order valence-electron chi connectivity index (χ1n) is 15.5. The number of pyridine rings is 2. The Hall–Kier alpha value is -2.96. The maximum atomic E-state index is 13.1. The molecule has 1 aliphatic carbocycles. The first-order valence-corrected chi connectivity index (χ1v) is 19.0. The largest absolute Gasteiger partial charge is 0.335 e. The predicted molar refractivity (Wildman–Crippen MR) is 176 cm³/mol. The number of rotatable bonds is 12. The van der Waals surface area contributed by atoms with Crippen LogP contribution in [0.15, 0.2) is 73.3 Å². The molecular weight excluding hydrogens is 606 g/mol. The van der Waals surface area contributed by atoms with Crippen molar-refractivity contribution in [3.63, 3.8) is 0 Å². The molecule has 0 saturated heterocycles. The van der Waals surface area contributed by atoms with Crippen LogP contribution < -0.4 is 9.13 Å². The number of hydrogen-bond donors (Lipinski definition) is 1. The highest BCUT2D eigenvalue weighted by atomic mass is 31.2. The van der Waals surface area contributed by atoms with Gasteiger partial charge in [0.25, 0.3) is 0 Å². The topological polar surface area (TPSA) is 89.8 Å². The Balaban J connectivity index is 1.43. The predicted octanol–water partition coefficient (Wildman–Crippen LogP) is 7.65. The smallest absolute Gasteiger partial charge is 0.324 e. The maximum absolute atomic E-state index is 13.1. The van der Waals surface area contributed by atoms with Crippen molar-refractivity contribution in [2.75, 3.05) is 19.8 Å². The minimum atomic E-state index is -3.66. The molecule has 0 amide bonds. The number of aryl methyl sites for hydroxylation is 2. The van der Waals surface area contributed by atoms with Crippen LogP contribution in [0.5, 0.6) is 0 Å². The van der Waals surface area contributed by atoms with Gasteiger partial charge in [0.05, 0.1) is 32.1 Å². The van der Waals surface area contributed by atoms with E-state index in [4.69, 9.17) is 13.6 Å². The Bertz CT molecular complexity index is 1830. The molecule has 1 N–H and O–H groups in total. The number of hydrogen-bond acceptors (Lipinski definition) is 5. The molecule has 8 nitrogen and oxygen atoms in total. The summed E-state index contributed by atoms with van der Waals surface area (Å²) in [5.41, 5.74) is 10.5. The third kappa shape index (κ3) is 6.92. The fourth-order valence-corrected chi connectivity index (χ4v) is 9.18. The van der Waals surface area contributed by atoms with E-state index in [9.17, 15) is 14.0 Å². The minimum Gasteiger partial charge on any atom is -0.324 e. The van der Waals surface area contributed by atoms with E-state index in [0.29, 0.717) is 13.2 Å². The van der Waals surface area contributed by atoms with Crippen molar-refractivity contribution >= 4 is 15.2 Å². The molecule has 1 unspecified atom stereocenters. The van der Waals surface area contributed by atoms with Crippen LogP contribution in [0.1, 0.15) is 68.0 Å². The summed E-state index contributed by atoms with van der Waals surface area (Å²) in [7, 11) is -6.85. The summed E-state index contributed by atoms with van der Waals surface area (Å²) >= 11 is 0. The highest BCUT2D eigenvalue weighted by Crippen LogP contribution is 2.51. The van der Waals surface area contributed by atoms with E-state index < -0.39 is 15.2 Å². The van der Waals surface area contributed by atoms with E-state index in [1.54, 1.807) is 6.92 Å². The first-order chi connectivity index (χ1) is 21.3. The fourth-order valence-electron chi connectivity index (χ4n) is 6.34. The highest BCUT2D eigenvalue weighted by molar-refractivity contribution is 7.53. The molecule has 1 atom stereocenters. The lowest BCUT2D eigenvalue weighted by Gasteiger charge is -2.19. The molecule has 0 saturated carbocycles. The molecule has 1 aliphatic rings. The lowest BCUT2D eigenvalue weighted by atomic mass is 9.84. The van der Waals surface area contributed by atoms with Gasteiger partial charge in [-0.3, -0.25) is 9.13 Å². The first kappa shape index (κ1) is 33.4. The lowest BCUT2D eigenvalue weighted by Crippen LogP contribution is -2.34. The Morgan fingerprint density at radius 3 is 1.56 bits per heavy atom. The molecule has 0 fully saturated rings. The highest BCUT2D eigenvalue weighted by Gasteiger charge is 2.40. The number of fused-ring (bicyclic) bond motifs is 3. The molecule has 2 aromatic heterocycles. The van der Waals surface area contributed by atoms with Gasteiger partial charge in [-0.25, -0.2) is 0 Å². The third-order valence-electron chi connectivity index (χ3n) is 8.38. The van der Waals surface area contributed by atoms with Crippen molar-refractivity contribution in [1.82, 2.24) is 0 Å². The Morgan fingerprint density at radius 2 is 1.13 bits per heavy atom. The van der Waals surface area contributed by atoms with E-state index in [1.807, 2.05) is 45.0 Å². The van der Waals surface area contributed by atoms with Crippen LogP contribution in [-0.4, -0.2) is 24.7 Å². The van der Waals surface area contributed by atoms with Gasteiger partial charge in [0, 0.05) is 51.9 Å². The van der Waals surface area contributed by atoms with Crippen LogP contribution in [0.25, 0.3) is 22.5 Å². The number of nitrogens with zero attached hydrogens (tertiary/aromatic N) is 2. The Labute approximate surface area is 266 Å². The number of benzene rings is 2. The van der Waals surface area contributed by atoms with Crippen molar-refractivity contribution in [3.05, 3.63) is 107 Å². The monoisotopic (exact) mass is 650 g/mol. The summed E-state index contributed by atoms with van der Waals surface area (Å²) in [6.07, 6.45) is 8.83. The molecule has 2 heterocycles. The number of aromatic nitrogens is 2. The zero-order valence-corrected chi connectivity index (χ0v) is 29.0. The van der Waals surface area contributed by atoms with Crippen molar-refractivity contribution in [2.24, 2.45) is 0 Å². The third-order valence-corrected chi connectivity index (χ3v) is 11.9. The summed E-state index contributed by atoms with van der Waals surface area (Å²) in [6, 6.07) is 16.3. The van der Waals surface area contributed by atoms with Gasteiger partial charge in [-0.05, 0) is 69.0 Å². The van der Waals surface area contributed by atoms with Crippen LogP contribution in [0, 0.1) is 13.8 Å². The average Bonchev–Trinajstić information content (AvgIpc) is 3.18. The normalized spacial score (nSPS) is 15.0. The molecule has 5 rings (SSSR count). The summed E-state index contributed by atoms with van der Waals surface area (Å²) < 4.78 is 45.8. The molecule has 0 radical (unpaired) electrons. The summed E-state index contributed by atoms with van der Waals surface area (Å²) in [5.74, 6) is 0. The Morgan fingerprint density at radius 1 is 0.689 bits per heavy atom. The summed E-state index contributed by atoms with van der Waals surface area (Å²) in [6.45, 7) is 14.8. The van der Waals surface area contributed by atoms with Crippen LogP contribution in [0.4, 0.5) is 0 Å². The summed E-state index contributed by atoms with van der Waals surface area (Å²) in [4.78, 5) is 10.1. The van der Waals surface area contributed by atoms with E-state index in [-0.39, 0.29) is 24.3 Å². The lowest BCUT2D eigenvalue weighted by molar-refractivity contribution is -0.597. The van der Waals surface area contributed by atoms with Gasteiger partial charge in [-0.1, -0.05) is 26.0 Å². The fraction of sp³-hybridized carbons (Fsp3) is 0.371. The van der Waals surface area contributed by atoms with Crippen LogP contribution >= 0.6 is 15.2 Å². The molecule has 0 aliphatic heterocycles. The van der Waals surface area contributed by atoms with E-state index >= 15 is 0 Å². The molecule has 10 heteroatoms. The van der Waals surface area contributed by atoms with Gasteiger partial charge in [0.15, 0.2) is 24.8 Å². The SMILES string of the molecule is CCOP(=O)(O)Cc1ccc(-[n+]2ccc3c(c2)C(C)(C)c2c[n+](-c4ccc(CP(=O)(OCC)OCC)cc4C)ccc2-3)c(C)c1. The standard InChI is InChI=1S/C35H43N2O6P2/c1-8-41-44(38,39)23-27-11-13-33(25(4)19-27)36-17-15-29-30-16-18-37(22-32(30)35(6,7)31(29)21-36)34-14-12-28(20-26(34)5)24-45(40,42-9-2)43-10-3/h11-22H,8-10,23-24H2,1-7H3/q+1/p+1. The van der Waals surface area contributed by atoms with Gasteiger partial charge < -0.3 is 18.5 Å². The van der Waals surface area contributed by atoms with Crippen LogP contribution in [-0.2, 0) is 40.4 Å². The molecule has 2 aromatic carbocycles. The van der Waals surface area contributed by atoms with Gasteiger partial charge in [-0.2, -0.15) is 9.13 Å². The molecule has 4 aromatic rings. The van der Waals surface area contributed by atoms with Crippen LogP contribution in [0.3, 0.4) is 0 Å². The van der Waals surface area contributed by atoms with Crippen molar-refractivity contribution in [1.29, 1.82) is 0 Å². The van der Waals surface area contributed by atoms with E-state index in [2.05, 4.69) is 79.0 Å². The van der Waals surface area contributed by atoms with Crippen molar-refractivity contribution in [3.8, 4) is 22.5 Å². The second-order valence-electron chi connectivity index (χ2n) is 12.0. The van der Waals surface area contributed by atoms with Gasteiger partial charge in [-0.15, -0.1) is 0 Å². The zero-order valence-electron chi connectivity index (χ0n) is 27.2. The van der Waals surface area contributed by atoms with Crippen molar-refractivity contribution in [2.45, 2.75) is 66.2 Å². The average molecular weight is 651 g/mol. The second kappa shape index (κ2) is 13.0. The Kier molecular flexibility index (Phi) is 9.68. The maximum Gasteiger partial charge on any atom is 0.335 e. The van der Waals surface area contributed by atoms with E-state index in [0.717, 1.165) is 33.6 Å².